The van der Waals surface area contributed by atoms with Gasteiger partial charge in [-0.3, -0.25) is 4.79 Å². The number of rotatable bonds is 5. The molecule has 0 fully saturated rings. The quantitative estimate of drug-likeness (QED) is 0.891. The summed E-state index contributed by atoms with van der Waals surface area (Å²) in [5, 5.41) is 2.34. The van der Waals surface area contributed by atoms with Gasteiger partial charge in [-0.1, -0.05) is 42.5 Å². The van der Waals surface area contributed by atoms with Crippen molar-refractivity contribution in [1.82, 2.24) is 4.90 Å². The molecule has 0 aliphatic heterocycles. The Kier molecular flexibility index (Phi) is 4.53. The third kappa shape index (κ3) is 3.32. The Balaban J connectivity index is 2.15. The van der Waals surface area contributed by atoms with E-state index in [9.17, 15) is 4.79 Å². The number of hydrogen-bond acceptors (Lipinski definition) is 2. The maximum absolute atomic E-state index is 12.1. The van der Waals surface area contributed by atoms with E-state index < -0.39 is 0 Å². The summed E-state index contributed by atoms with van der Waals surface area (Å²) >= 11 is 0. The van der Waals surface area contributed by atoms with E-state index in [1.807, 2.05) is 31.3 Å². The van der Waals surface area contributed by atoms with Crippen LogP contribution in [0.25, 0.3) is 10.8 Å². The second kappa shape index (κ2) is 6.34. The van der Waals surface area contributed by atoms with Crippen molar-refractivity contribution < 1.29 is 4.79 Å². The average Bonchev–Trinajstić information content (AvgIpc) is 2.45. The third-order valence-corrected chi connectivity index (χ3v) is 3.35. The van der Waals surface area contributed by atoms with Crippen molar-refractivity contribution in [3.63, 3.8) is 0 Å². The van der Waals surface area contributed by atoms with Crippen LogP contribution in [-0.4, -0.2) is 30.9 Å². The van der Waals surface area contributed by atoms with Crippen LogP contribution in [0.2, 0.25) is 0 Å². The van der Waals surface area contributed by atoms with Gasteiger partial charge in [-0.15, -0.1) is 0 Å². The maximum atomic E-state index is 12.1. The predicted molar refractivity (Wildman–Crippen MR) is 79.0 cm³/mol. The highest BCUT2D eigenvalue weighted by atomic mass is 16.2. The normalized spacial score (nSPS) is 10.6. The predicted octanol–water partition coefficient (Wildman–Crippen LogP) is 2.19. The number of hydrogen-bond donors (Lipinski definition) is 1. The van der Waals surface area contributed by atoms with Gasteiger partial charge in [0, 0.05) is 13.6 Å². The van der Waals surface area contributed by atoms with Crippen molar-refractivity contribution in [2.45, 2.75) is 12.8 Å². The average molecular weight is 256 g/mol. The second-order valence-corrected chi connectivity index (χ2v) is 4.77. The minimum atomic E-state index is 0.143. The molecule has 2 aromatic rings. The van der Waals surface area contributed by atoms with Crippen molar-refractivity contribution >= 4 is 16.7 Å². The summed E-state index contributed by atoms with van der Waals surface area (Å²) in [5.74, 6) is 0.143. The first-order chi connectivity index (χ1) is 9.22. The zero-order valence-corrected chi connectivity index (χ0v) is 11.3. The summed E-state index contributed by atoms with van der Waals surface area (Å²) in [7, 11) is 1.84. The van der Waals surface area contributed by atoms with E-state index in [0.717, 1.165) is 23.9 Å². The van der Waals surface area contributed by atoms with E-state index in [1.165, 1.54) is 5.39 Å². The van der Waals surface area contributed by atoms with E-state index in [1.54, 1.807) is 4.90 Å². The second-order valence-electron chi connectivity index (χ2n) is 4.77. The topological polar surface area (TPSA) is 46.3 Å². The molecular formula is C16H20N2O. The summed E-state index contributed by atoms with van der Waals surface area (Å²) in [6, 6.07) is 14.3. The molecule has 19 heavy (non-hydrogen) atoms. The zero-order chi connectivity index (χ0) is 13.7. The summed E-state index contributed by atoms with van der Waals surface area (Å²) in [5.41, 5.74) is 6.55. The Hall–Kier alpha value is -1.87. The van der Waals surface area contributed by atoms with Crippen molar-refractivity contribution in [2.24, 2.45) is 5.73 Å². The van der Waals surface area contributed by atoms with Crippen molar-refractivity contribution in [3.05, 3.63) is 48.0 Å². The molecule has 100 valence electrons. The van der Waals surface area contributed by atoms with E-state index in [4.69, 9.17) is 5.73 Å². The van der Waals surface area contributed by atoms with Crippen LogP contribution in [0.3, 0.4) is 0 Å². The lowest BCUT2D eigenvalue weighted by Gasteiger charge is -2.17. The molecule has 0 aromatic heterocycles. The Labute approximate surface area is 114 Å². The molecule has 3 heteroatoms. The third-order valence-electron chi connectivity index (χ3n) is 3.35. The van der Waals surface area contributed by atoms with Crippen molar-refractivity contribution in [1.29, 1.82) is 0 Å². The number of likely N-dealkylation sites (N-methyl/N-ethyl adjacent to an activating group) is 1. The zero-order valence-electron chi connectivity index (χ0n) is 11.3. The summed E-state index contributed by atoms with van der Waals surface area (Å²) in [4.78, 5) is 13.9. The Morgan fingerprint density at radius 2 is 1.89 bits per heavy atom. The number of carbonyl (C=O) groups excluding carboxylic acids is 1. The molecule has 0 saturated heterocycles. The highest BCUT2D eigenvalue weighted by Crippen LogP contribution is 2.19. The molecule has 0 aliphatic carbocycles. The summed E-state index contributed by atoms with van der Waals surface area (Å²) in [6.45, 7) is 1.34. The molecule has 2 rings (SSSR count). The minimum absolute atomic E-state index is 0.143. The molecule has 0 bridgehead atoms. The van der Waals surface area contributed by atoms with Crippen LogP contribution in [0.5, 0.6) is 0 Å². The monoisotopic (exact) mass is 256 g/mol. The molecule has 3 nitrogen and oxygen atoms in total. The van der Waals surface area contributed by atoms with Crippen LogP contribution in [0.15, 0.2) is 42.5 Å². The maximum Gasteiger partial charge on any atom is 0.226 e. The van der Waals surface area contributed by atoms with E-state index in [2.05, 4.69) is 18.2 Å². The van der Waals surface area contributed by atoms with Gasteiger partial charge < -0.3 is 10.6 Å². The Bertz CT molecular complexity index is 560. The largest absolute Gasteiger partial charge is 0.345 e. The van der Waals surface area contributed by atoms with Crippen molar-refractivity contribution in [3.8, 4) is 0 Å². The lowest BCUT2D eigenvalue weighted by atomic mass is 10.0. The number of fused-ring (bicyclic) bond motifs is 1. The highest BCUT2D eigenvalue weighted by molar-refractivity contribution is 5.90. The molecule has 0 radical (unpaired) electrons. The number of amides is 1. The fraction of sp³-hybridized carbons (Fsp3) is 0.312. The minimum Gasteiger partial charge on any atom is -0.345 e. The van der Waals surface area contributed by atoms with Crippen LogP contribution >= 0.6 is 0 Å². The van der Waals surface area contributed by atoms with Gasteiger partial charge in [-0.2, -0.15) is 0 Å². The SMILES string of the molecule is CN(CCCN)C(=O)Cc1cccc2ccccc12. The first-order valence-corrected chi connectivity index (χ1v) is 6.63. The van der Waals surface area contributed by atoms with Crippen LogP contribution in [0.1, 0.15) is 12.0 Å². The number of benzene rings is 2. The standard InChI is InChI=1S/C16H20N2O/c1-18(11-5-10-17)16(19)12-14-8-4-7-13-6-2-3-9-15(13)14/h2-4,6-9H,5,10-12,17H2,1H3. The molecular weight excluding hydrogens is 236 g/mol. The number of carbonyl (C=O) groups is 1. The van der Waals surface area contributed by atoms with Gasteiger partial charge >= 0.3 is 0 Å². The molecule has 2 aromatic carbocycles. The highest BCUT2D eigenvalue weighted by Gasteiger charge is 2.10. The fourth-order valence-electron chi connectivity index (χ4n) is 2.20. The molecule has 2 N–H and O–H groups in total. The van der Waals surface area contributed by atoms with Gasteiger partial charge in [0.1, 0.15) is 0 Å². The van der Waals surface area contributed by atoms with Crippen LogP contribution in [-0.2, 0) is 11.2 Å². The fourth-order valence-corrected chi connectivity index (χ4v) is 2.20. The molecule has 0 aliphatic rings. The molecule has 0 atom stereocenters. The van der Waals surface area contributed by atoms with E-state index in [-0.39, 0.29) is 5.91 Å². The van der Waals surface area contributed by atoms with Gasteiger partial charge in [-0.25, -0.2) is 0 Å². The molecule has 0 heterocycles. The summed E-state index contributed by atoms with van der Waals surface area (Å²) in [6.07, 6.45) is 1.29. The van der Waals surface area contributed by atoms with Gasteiger partial charge in [-0.05, 0) is 29.3 Å². The molecule has 0 unspecified atom stereocenters. The first kappa shape index (κ1) is 13.6. The van der Waals surface area contributed by atoms with Gasteiger partial charge in [0.2, 0.25) is 5.91 Å². The molecule has 1 amide bonds. The molecule has 0 saturated carbocycles. The van der Waals surface area contributed by atoms with Gasteiger partial charge in [0.05, 0.1) is 6.42 Å². The lowest BCUT2D eigenvalue weighted by Crippen LogP contribution is -2.30. The van der Waals surface area contributed by atoms with Gasteiger partial charge in [0.25, 0.3) is 0 Å². The van der Waals surface area contributed by atoms with E-state index >= 15 is 0 Å². The smallest absolute Gasteiger partial charge is 0.226 e. The number of nitrogens with two attached hydrogens (primary N) is 1. The lowest BCUT2D eigenvalue weighted by molar-refractivity contribution is -0.129. The van der Waals surface area contributed by atoms with Gasteiger partial charge in [0.15, 0.2) is 0 Å². The molecule has 0 spiro atoms. The number of nitrogens with zero attached hydrogens (tertiary/aromatic N) is 1. The Morgan fingerprint density at radius 1 is 1.16 bits per heavy atom. The first-order valence-electron chi connectivity index (χ1n) is 6.63. The van der Waals surface area contributed by atoms with Crippen molar-refractivity contribution in [2.75, 3.05) is 20.1 Å². The van der Waals surface area contributed by atoms with Crippen LogP contribution in [0, 0.1) is 0 Å². The van der Waals surface area contributed by atoms with E-state index in [0.29, 0.717) is 13.0 Å². The Morgan fingerprint density at radius 3 is 2.68 bits per heavy atom. The van der Waals surface area contributed by atoms with Crippen LogP contribution < -0.4 is 5.73 Å². The summed E-state index contributed by atoms with van der Waals surface area (Å²) < 4.78 is 0. The van der Waals surface area contributed by atoms with Crippen LogP contribution in [0.4, 0.5) is 0 Å².